The van der Waals surface area contributed by atoms with Gasteiger partial charge in [-0.05, 0) is 25.5 Å². The van der Waals surface area contributed by atoms with Crippen LogP contribution in [0.15, 0.2) is 18.2 Å². The Morgan fingerprint density at radius 3 is 2.69 bits per heavy atom. The van der Waals surface area contributed by atoms with Crippen molar-refractivity contribution in [2.45, 2.75) is 26.9 Å². The highest BCUT2D eigenvalue weighted by molar-refractivity contribution is 5.53. The molecule has 0 unspecified atom stereocenters. The predicted molar refractivity (Wildman–Crippen MR) is 62.0 cm³/mol. The molecule has 1 radical (unpaired) electrons. The lowest BCUT2D eigenvalue weighted by atomic mass is 9.96. The van der Waals surface area contributed by atoms with Crippen molar-refractivity contribution in [1.82, 2.24) is 0 Å². The van der Waals surface area contributed by atoms with Crippen LogP contribution in [-0.2, 0) is 0 Å². The van der Waals surface area contributed by atoms with Crippen molar-refractivity contribution in [2.24, 2.45) is 0 Å². The van der Waals surface area contributed by atoms with E-state index in [0.717, 1.165) is 11.5 Å². The number of nitriles is 1. The second-order valence-electron chi connectivity index (χ2n) is 3.90. The lowest BCUT2D eigenvalue weighted by Crippen LogP contribution is -2.09. The summed E-state index contributed by atoms with van der Waals surface area (Å²) in [6, 6.07) is 7.54. The van der Waals surface area contributed by atoms with Crippen LogP contribution < -0.4 is 4.74 Å². The van der Waals surface area contributed by atoms with E-state index in [-0.39, 0.29) is 12.7 Å². The highest BCUT2D eigenvalue weighted by atomic mass is 16.5. The molecule has 0 fully saturated rings. The first kappa shape index (κ1) is 12.5. The summed E-state index contributed by atoms with van der Waals surface area (Å²) in [7, 11) is 0. The zero-order valence-corrected chi connectivity index (χ0v) is 9.82. The molecule has 85 valence electrons. The molecule has 0 amide bonds. The van der Waals surface area contributed by atoms with Crippen molar-refractivity contribution in [3.63, 3.8) is 0 Å². The number of aliphatic hydroxyl groups is 1. The maximum Gasteiger partial charge on any atom is 0.137 e. The minimum absolute atomic E-state index is 0.0248. The van der Waals surface area contributed by atoms with E-state index in [1.54, 1.807) is 13.0 Å². The summed E-state index contributed by atoms with van der Waals surface area (Å²) >= 11 is 0. The van der Waals surface area contributed by atoms with Crippen LogP contribution in [-0.4, -0.2) is 17.8 Å². The predicted octanol–water partition coefficient (Wildman–Crippen LogP) is 2.28. The molecule has 0 saturated carbocycles. The Morgan fingerprint density at radius 1 is 1.50 bits per heavy atom. The third kappa shape index (κ3) is 2.74. The first-order valence-corrected chi connectivity index (χ1v) is 5.23. The Kier molecular flexibility index (Phi) is 4.33. The van der Waals surface area contributed by atoms with E-state index in [4.69, 9.17) is 15.1 Å². The van der Waals surface area contributed by atoms with Gasteiger partial charge in [-0.3, -0.25) is 0 Å². The van der Waals surface area contributed by atoms with Crippen molar-refractivity contribution >= 4 is 0 Å². The fraction of sp³-hybridized carbons (Fsp3) is 0.385. The highest BCUT2D eigenvalue weighted by Crippen LogP contribution is 2.27. The average molecular weight is 218 g/mol. The number of benzene rings is 1. The van der Waals surface area contributed by atoms with Crippen molar-refractivity contribution in [3.8, 4) is 11.8 Å². The number of rotatable bonds is 4. The van der Waals surface area contributed by atoms with E-state index < -0.39 is 0 Å². The first-order valence-electron chi connectivity index (χ1n) is 5.23. The zero-order valence-electron chi connectivity index (χ0n) is 9.82. The SMILES string of the molecule is C[C](CO)c1cccc(OC(C)C)c1C#N. The van der Waals surface area contributed by atoms with Crippen molar-refractivity contribution < 1.29 is 9.84 Å². The Labute approximate surface area is 96.3 Å². The molecule has 16 heavy (non-hydrogen) atoms. The second-order valence-corrected chi connectivity index (χ2v) is 3.90. The number of hydrogen-bond donors (Lipinski definition) is 1. The highest BCUT2D eigenvalue weighted by Gasteiger charge is 2.15. The average Bonchev–Trinajstić information content (AvgIpc) is 2.27. The molecule has 0 atom stereocenters. The smallest absolute Gasteiger partial charge is 0.137 e. The molecule has 3 heteroatoms. The van der Waals surface area contributed by atoms with Crippen LogP contribution in [0.1, 0.15) is 31.9 Å². The molecule has 3 nitrogen and oxygen atoms in total. The van der Waals surface area contributed by atoms with Crippen LogP contribution in [0, 0.1) is 17.2 Å². The van der Waals surface area contributed by atoms with E-state index >= 15 is 0 Å². The van der Waals surface area contributed by atoms with Crippen LogP contribution >= 0.6 is 0 Å². The van der Waals surface area contributed by atoms with E-state index in [1.807, 2.05) is 26.0 Å². The van der Waals surface area contributed by atoms with Crippen LogP contribution in [0.25, 0.3) is 0 Å². The summed E-state index contributed by atoms with van der Waals surface area (Å²) in [5, 5.41) is 18.2. The van der Waals surface area contributed by atoms with Gasteiger partial charge < -0.3 is 9.84 Å². The summed E-state index contributed by atoms with van der Waals surface area (Å²) in [6.45, 7) is 5.57. The Bertz CT molecular complexity index is 393. The van der Waals surface area contributed by atoms with Gasteiger partial charge in [-0.1, -0.05) is 19.1 Å². The molecule has 1 N–H and O–H groups in total. The Balaban J connectivity index is 3.16. The van der Waals surface area contributed by atoms with Gasteiger partial charge in [0, 0.05) is 5.92 Å². The van der Waals surface area contributed by atoms with E-state index in [0.29, 0.717) is 11.3 Å². The summed E-state index contributed by atoms with van der Waals surface area (Å²) in [5.74, 6) is 1.34. The molecule has 1 rings (SSSR count). The molecule has 0 saturated heterocycles. The van der Waals surface area contributed by atoms with Gasteiger partial charge in [-0.25, -0.2) is 0 Å². The molecule has 0 aliphatic heterocycles. The van der Waals surface area contributed by atoms with Gasteiger partial charge >= 0.3 is 0 Å². The third-order valence-electron chi connectivity index (χ3n) is 2.20. The minimum Gasteiger partial charge on any atom is -0.490 e. The topological polar surface area (TPSA) is 53.2 Å². The van der Waals surface area contributed by atoms with Gasteiger partial charge in [-0.2, -0.15) is 5.26 Å². The Hall–Kier alpha value is -1.53. The summed E-state index contributed by atoms with van der Waals surface area (Å²) in [4.78, 5) is 0. The molecular formula is C13H16NO2. The number of nitrogens with zero attached hydrogens (tertiary/aromatic N) is 1. The number of aliphatic hydroxyl groups excluding tert-OH is 1. The summed E-state index contributed by atoms with van der Waals surface area (Å²) in [6.07, 6.45) is 0.0248. The molecule has 1 aromatic carbocycles. The van der Waals surface area contributed by atoms with Crippen LogP contribution in [0.2, 0.25) is 0 Å². The Morgan fingerprint density at radius 2 is 2.19 bits per heavy atom. The number of hydrogen-bond acceptors (Lipinski definition) is 3. The molecule has 0 aromatic heterocycles. The van der Waals surface area contributed by atoms with Gasteiger partial charge in [0.05, 0.1) is 18.3 Å². The second kappa shape index (κ2) is 5.53. The first-order chi connectivity index (χ1) is 7.60. The van der Waals surface area contributed by atoms with Gasteiger partial charge in [0.15, 0.2) is 0 Å². The molecule has 0 heterocycles. The van der Waals surface area contributed by atoms with Gasteiger partial charge in [0.25, 0.3) is 0 Å². The molecule has 0 aliphatic carbocycles. The monoisotopic (exact) mass is 218 g/mol. The fourth-order valence-electron chi connectivity index (χ4n) is 1.44. The minimum atomic E-state index is -0.0557. The molecular weight excluding hydrogens is 202 g/mol. The zero-order chi connectivity index (χ0) is 12.1. The van der Waals surface area contributed by atoms with Crippen LogP contribution in [0.5, 0.6) is 5.75 Å². The largest absolute Gasteiger partial charge is 0.490 e. The number of ether oxygens (including phenoxy) is 1. The van der Waals surface area contributed by atoms with Crippen LogP contribution in [0.4, 0.5) is 0 Å². The quantitative estimate of drug-likeness (QED) is 0.843. The standard InChI is InChI=1S/C13H16NO2/c1-9(2)16-13-6-4-5-11(10(3)8-15)12(13)7-14/h4-6,9,15H,8H2,1-3H3. The maximum atomic E-state index is 9.13. The van der Waals surface area contributed by atoms with Gasteiger partial charge in [0.1, 0.15) is 11.8 Å². The molecule has 0 aliphatic rings. The summed E-state index contributed by atoms with van der Waals surface area (Å²) < 4.78 is 5.55. The van der Waals surface area contributed by atoms with Crippen molar-refractivity contribution in [2.75, 3.05) is 6.61 Å². The van der Waals surface area contributed by atoms with Crippen molar-refractivity contribution in [1.29, 1.82) is 5.26 Å². The lowest BCUT2D eigenvalue weighted by Gasteiger charge is -2.15. The van der Waals surface area contributed by atoms with E-state index in [2.05, 4.69) is 6.07 Å². The summed E-state index contributed by atoms with van der Waals surface area (Å²) in [5.41, 5.74) is 1.24. The van der Waals surface area contributed by atoms with E-state index in [9.17, 15) is 0 Å². The molecule has 0 spiro atoms. The normalized spacial score (nSPS) is 10.6. The third-order valence-corrected chi connectivity index (χ3v) is 2.20. The maximum absolute atomic E-state index is 9.13. The lowest BCUT2D eigenvalue weighted by molar-refractivity contribution is 0.241. The van der Waals surface area contributed by atoms with Crippen LogP contribution in [0.3, 0.4) is 0 Å². The van der Waals surface area contributed by atoms with Gasteiger partial charge in [-0.15, -0.1) is 0 Å². The van der Waals surface area contributed by atoms with Gasteiger partial charge in [0.2, 0.25) is 0 Å². The van der Waals surface area contributed by atoms with Crippen molar-refractivity contribution in [3.05, 3.63) is 35.2 Å². The molecule has 1 aromatic rings. The fourth-order valence-corrected chi connectivity index (χ4v) is 1.44. The van der Waals surface area contributed by atoms with E-state index in [1.165, 1.54) is 0 Å². The molecule has 0 bridgehead atoms.